The number of benzene rings is 1. The molecular weight excluding hydrogens is 472 g/mol. The minimum atomic E-state index is -1.15. The van der Waals surface area contributed by atoms with Crippen molar-refractivity contribution < 1.29 is 24.2 Å². The fraction of sp³-hybridized carbons (Fsp3) is 0.286. The molecule has 0 radical (unpaired) electrons. The SMILES string of the molecule is Cc1ccc(Oc2ccnc(C(=O)NC3COc4ccc(C#CC(C)(C)O)cc4N(C)C3=O)c2)c(C)n1. The molecule has 0 saturated heterocycles. The molecule has 4 rings (SSSR count). The lowest BCUT2D eigenvalue weighted by molar-refractivity contribution is -0.120. The molecule has 0 saturated carbocycles. The molecule has 0 bridgehead atoms. The molecule has 1 aliphatic rings. The molecule has 190 valence electrons. The van der Waals surface area contributed by atoms with Crippen molar-refractivity contribution in [2.24, 2.45) is 0 Å². The zero-order chi connectivity index (χ0) is 26.7. The third-order valence-corrected chi connectivity index (χ3v) is 5.54. The molecule has 9 nitrogen and oxygen atoms in total. The van der Waals surface area contributed by atoms with E-state index in [-0.39, 0.29) is 18.2 Å². The summed E-state index contributed by atoms with van der Waals surface area (Å²) >= 11 is 0. The van der Waals surface area contributed by atoms with Gasteiger partial charge in [0.1, 0.15) is 41.2 Å². The average molecular weight is 501 g/mol. The summed E-state index contributed by atoms with van der Waals surface area (Å²) in [5, 5.41) is 12.6. The Labute approximate surface area is 215 Å². The summed E-state index contributed by atoms with van der Waals surface area (Å²) in [7, 11) is 1.60. The van der Waals surface area contributed by atoms with Gasteiger partial charge in [0.25, 0.3) is 11.8 Å². The molecule has 3 heterocycles. The number of aromatic nitrogens is 2. The van der Waals surface area contributed by atoms with Crippen molar-refractivity contribution in [3.8, 4) is 29.1 Å². The normalized spacial score (nSPS) is 15.0. The number of hydrogen-bond donors (Lipinski definition) is 2. The van der Waals surface area contributed by atoms with E-state index in [0.717, 1.165) is 11.4 Å². The summed E-state index contributed by atoms with van der Waals surface area (Å²) in [5.74, 6) is 6.22. The standard InChI is InChI=1S/C28H28N4O5/c1-17-6-8-24(18(2)30-17)37-20-11-13-29-21(15-20)26(33)31-22-16-36-25-9-7-19(10-12-28(3,4)35)14-23(25)32(5)27(22)34/h6-9,11,13-15,22,35H,16H2,1-5H3,(H,31,33). The van der Waals surface area contributed by atoms with Crippen LogP contribution in [0.4, 0.5) is 5.69 Å². The highest BCUT2D eigenvalue weighted by Gasteiger charge is 2.31. The lowest BCUT2D eigenvalue weighted by Crippen LogP contribution is -2.49. The number of hydrogen-bond acceptors (Lipinski definition) is 7. The van der Waals surface area contributed by atoms with Gasteiger partial charge in [-0.05, 0) is 64.1 Å². The molecule has 2 amide bonds. The molecule has 0 fully saturated rings. The lowest BCUT2D eigenvalue weighted by atomic mass is 10.1. The van der Waals surface area contributed by atoms with Gasteiger partial charge in [0.05, 0.1) is 11.4 Å². The first-order valence-corrected chi connectivity index (χ1v) is 11.7. The van der Waals surface area contributed by atoms with E-state index < -0.39 is 17.6 Å². The lowest BCUT2D eigenvalue weighted by Gasteiger charge is -2.20. The van der Waals surface area contributed by atoms with Crippen molar-refractivity contribution in [2.75, 3.05) is 18.6 Å². The minimum Gasteiger partial charge on any atom is -0.489 e. The van der Waals surface area contributed by atoms with Crippen LogP contribution in [0.2, 0.25) is 0 Å². The Kier molecular flexibility index (Phi) is 7.14. The van der Waals surface area contributed by atoms with E-state index >= 15 is 0 Å². The number of ether oxygens (including phenoxy) is 2. The monoisotopic (exact) mass is 500 g/mol. The summed E-state index contributed by atoms with van der Waals surface area (Å²) in [6.07, 6.45) is 1.46. The van der Waals surface area contributed by atoms with E-state index in [9.17, 15) is 14.7 Å². The smallest absolute Gasteiger partial charge is 0.270 e. The third-order valence-electron chi connectivity index (χ3n) is 5.54. The molecule has 2 aromatic heterocycles. The number of carbonyl (C=O) groups is 2. The van der Waals surface area contributed by atoms with E-state index in [1.165, 1.54) is 17.2 Å². The van der Waals surface area contributed by atoms with Crippen LogP contribution in [0.1, 0.15) is 41.3 Å². The van der Waals surface area contributed by atoms with Crippen molar-refractivity contribution in [2.45, 2.75) is 39.3 Å². The molecule has 0 spiro atoms. The quantitative estimate of drug-likeness (QED) is 0.529. The average Bonchev–Trinajstić information content (AvgIpc) is 2.96. The number of pyridine rings is 2. The highest BCUT2D eigenvalue weighted by atomic mass is 16.5. The highest BCUT2D eigenvalue weighted by molar-refractivity contribution is 6.03. The van der Waals surface area contributed by atoms with E-state index in [4.69, 9.17) is 9.47 Å². The number of fused-ring (bicyclic) bond motifs is 1. The Hall–Kier alpha value is -4.42. The number of amides is 2. The maximum Gasteiger partial charge on any atom is 0.270 e. The second kappa shape index (κ2) is 10.3. The summed E-state index contributed by atoms with van der Waals surface area (Å²) in [6, 6.07) is 11.0. The minimum absolute atomic E-state index is 0.0545. The van der Waals surface area contributed by atoms with Gasteiger partial charge in [-0.2, -0.15) is 0 Å². The number of nitrogens with one attached hydrogen (secondary N) is 1. The highest BCUT2D eigenvalue weighted by Crippen LogP contribution is 2.31. The van der Waals surface area contributed by atoms with Crippen LogP contribution < -0.4 is 19.7 Å². The van der Waals surface area contributed by atoms with Crippen LogP contribution in [-0.4, -0.2) is 52.2 Å². The maximum absolute atomic E-state index is 13.2. The summed E-state index contributed by atoms with van der Waals surface area (Å²) in [5.41, 5.74) is 1.68. The van der Waals surface area contributed by atoms with Crippen molar-refractivity contribution >= 4 is 17.5 Å². The van der Waals surface area contributed by atoms with Crippen molar-refractivity contribution in [3.05, 3.63) is 71.3 Å². The van der Waals surface area contributed by atoms with E-state index in [0.29, 0.717) is 28.5 Å². The zero-order valence-electron chi connectivity index (χ0n) is 21.3. The second-order valence-electron chi connectivity index (χ2n) is 9.24. The van der Waals surface area contributed by atoms with Crippen LogP contribution in [0.15, 0.2) is 48.7 Å². The largest absolute Gasteiger partial charge is 0.489 e. The third kappa shape index (κ3) is 6.23. The predicted octanol–water partition coefficient (Wildman–Crippen LogP) is 3.16. The van der Waals surface area contributed by atoms with Crippen LogP contribution in [0.3, 0.4) is 0 Å². The molecule has 9 heteroatoms. The molecule has 1 aliphatic heterocycles. The number of likely N-dealkylation sites (N-methyl/N-ethyl adjacent to an activating group) is 1. The predicted molar refractivity (Wildman–Crippen MR) is 138 cm³/mol. The molecule has 3 aromatic rings. The summed E-state index contributed by atoms with van der Waals surface area (Å²) in [4.78, 5) is 36.1. The first-order valence-electron chi connectivity index (χ1n) is 11.7. The van der Waals surface area contributed by atoms with Crippen LogP contribution >= 0.6 is 0 Å². The molecule has 1 aromatic carbocycles. The van der Waals surface area contributed by atoms with E-state index in [2.05, 4.69) is 27.1 Å². The Morgan fingerprint density at radius 1 is 1.22 bits per heavy atom. The molecule has 37 heavy (non-hydrogen) atoms. The fourth-order valence-electron chi connectivity index (χ4n) is 3.64. The van der Waals surface area contributed by atoms with Crippen LogP contribution in [0.25, 0.3) is 0 Å². The second-order valence-corrected chi connectivity index (χ2v) is 9.24. The van der Waals surface area contributed by atoms with Gasteiger partial charge in [-0.25, -0.2) is 0 Å². The number of rotatable bonds is 4. The number of nitrogens with zero attached hydrogens (tertiary/aromatic N) is 3. The Morgan fingerprint density at radius 3 is 2.73 bits per heavy atom. The first kappa shape index (κ1) is 25.7. The molecular formula is C28H28N4O5. The summed E-state index contributed by atoms with van der Waals surface area (Å²) < 4.78 is 11.7. The molecule has 1 unspecified atom stereocenters. The number of carbonyl (C=O) groups excluding carboxylic acids is 2. The van der Waals surface area contributed by atoms with E-state index in [1.807, 2.05) is 26.0 Å². The van der Waals surface area contributed by atoms with Gasteiger partial charge in [0, 0.05) is 30.6 Å². The Balaban J connectivity index is 1.49. The van der Waals surface area contributed by atoms with Gasteiger partial charge < -0.3 is 24.8 Å². The van der Waals surface area contributed by atoms with Crippen molar-refractivity contribution in [1.82, 2.24) is 15.3 Å². The van der Waals surface area contributed by atoms with Crippen molar-refractivity contribution in [3.63, 3.8) is 0 Å². The zero-order valence-corrected chi connectivity index (χ0v) is 21.3. The number of aryl methyl sites for hydroxylation is 2. The maximum atomic E-state index is 13.2. The van der Waals surface area contributed by atoms with Crippen LogP contribution in [0, 0.1) is 25.7 Å². The first-order chi connectivity index (χ1) is 17.5. The van der Waals surface area contributed by atoms with Gasteiger partial charge in [-0.3, -0.25) is 19.6 Å². The van der Waals surface area contributed by atoms with Gasteiger partial charge in [-0.1, -0.05) is 11.8 Å². The van der Waals surface area contributed by atoms with Crippen LogP contribution in [0.5, 0.6) is 17.2 Å². The van der Waals surface area contributed by atoms with Gasteiger partial charge >= 0.3 is 0 Å². The molecule has 2 N–H and O–H groups in total. The van der Waals surface area contributed by atoms with Gasteiger partial charge in [-0.15, -0.1) is 0 Å². The Bertz CT molecular complexity index is 1420. The van der Waals surface area contributed by atoms with Crippen LogP contribution in [-0.2, 0) is 4.79 Å². The topological polar surface area (TPSA) is 114 Å². The van der Waals surface area contributed by atoms with Crippen molar-refractivity contribution in [1.29, 1.82) is 0 Å². The van der Waals surface area contributed by atoms with E-state index in [1.54, 1.807) is 45.2 Å². The number of anilines is 1. The molecule has 1 atom stereocenters. The molecule has 0 aliphatic carbocycles. The van der Waals surface area contributed by atoms with Gasteiger partial charge in [0.15, 0.2) is 0 Å². The Morgan fingerprint density at radius 2 is 2.00 bits per heavy atom. The van der Waals surface area contributed by atoms with Gasteiger partial charge in [0.2, 0.25) is 0 Å². The number of aliphatic hydroxyl groups is 1. The summed E-state index contributed by atoms with van der Waals surface area (Å²) in [6.45, 7) is 6.86. The fourth-order valence-corrected chi connectivity index (χ4v) is 3.64.